The van der Waals surface area contributed by atoms with Crippen molar-refractivity contribution in [3.63, 3.8) is 0 Å². The maximum Gasteiger partial charge on any atom is 0.449 e. The van der Waals surface area contributed by atoms with E-state index >= 15 is 0 Å². The molecule has 0 fully saturated rings. The van der Waals surface area contributed by atoms with E-state index in [0.717, 1.165) is 6.20 Å². The number of carboxylic acid groups (broad SMARTS) is 1. The molecule has 0 spiro atoms. The second-order valence-electron chi connectivity index (χ2n) is 3.53. The quantitative estimate of drug-likeness (QED) is 0.868. The minimum absolute atomic E-state index is 0.00402. The summed E-state index contributed by atoms with van der Waals surface area (Å²) in [6.07, 6.45) is -3.54. The van der Waals surface area contributed by atoms with E-state index in [4.69, 9.17) is 5.11 Å². The lowest BCUT2D eigenvalue weighted by atomic mass is 10.1. The van der Waals surface area contributed by atoms with Crippen molar-refractivity contribution >= 4 is 5.97 Å². The van der Waals surface area contributed by atoms with E-state index in [1.54, 1.807) is 0 Å². The maximum atomic E-state index is 12.3. The van der Waals surface area contributed by atoms with Crippen LogP contribution in [0.1, 0.15) is 16.2 Å². The summed E-state index contributed by atoms with van der Waals surface area (Å²) in [6.45, 7) is 0. The third-order valence-electron chi connectivity index (χ3n) is 2.26. The molecule has 1 aromatic carbocycles. The molecule has 0 radical (unpaired) electrons. The van der Waals surface area contributed by atoms with E-state index in [1.165, 1.54) is 24.3 Å². The fourth-order valence-electron chi connectivity index (χ4n) is 1.43. The summed E-state index contributed by atoms with van der Waals surface area (Å²) < 4.78 is 37.0. The number of aromatic amines is 1. The molecule has 94 valence electrons. The number of hydrogen-bond donors (Lipinski definition) is 2. The molecule has 2 aromatic rings. The lowest BCUT2D eigenvalue weighted by Gasteiger charge is -2.02. The van der Waals surface area contributed by atoms with Gasteiger partial charge in [0.25, 0.3) is 0 Å². The number of aromatic nitrogens is 2. The van der Waals surface area contributed by atoms with Crippen LogP contribution in [0.2, 0.25) is 0 Å². The number of aromatic carboxylic acids is 1. The minimum Gasteiger partial charge on any atom is -0.478 e. The van der Waals surface area contributed by atoms with Gasteiger partial charge in [-0.15, -0.1) is 0 Å². The molecule has 1 aromatic heterocycles. The molecule has 18 heavy (non-hydrogen) atoms. The van der Waals surface area contributed by atoms with Crippen molar-refractivity contribution < 1.29 is 23.1 Å². The molecule has 0 aliphatic carbocycles. The van der Waals surface area contributed by atoms with E-state index in [1.807, 2.05) is 0 Å². The van der Waals surface area contributed by atoms with E-state index in [9.17, 15) is 18.0 Å². The summed E-state index contributed by atoms with van der Waals surface area (Å²) in [6, 6.07) is 5.58. The molecule has 0 saturated carbocycles. The van der Waals surface area contributed by atoms with Crippen LogP contribution < -0.4 is 0 Å². The first-order valence-electron chi connectivity index (χ1n) is 4.84. The van der Waals surface area contributed by atoms with Gasteiger partial charge in [0.15, 0.2) is 0 Å². The number of nitrogens with zero attached hydrogens (tertiary/aromatic N) is 1. The second kappa shape index (κ2) is 4.17. The number of rotatable bonds is 2. The first-order chi connectivity index (χ1) is 8.38. The van der Waals surface area contributed by atoms with Crippen LogP contribution in [-0.2, 0) is 6.18 Å². The first kappa shape index (κ1) is 12.2. The Morgan fingerprint density at radius 3 is 2.61 bits per heavy atom. The molecule has 0 saturated heterocycles. The van der Waals surface area contributed by atoms with Crippen molar-refractivity contribution in [1.29, 1.82) is 0 Å². The van der Waals surface area contributed by atoms with Crippen molar-refractivity contribution in [1.82, 2.24) is 9.97 Å². The van der Waals surface area contributed by atoms with Gasteiger partial charge >= 0.3 is 12.1 Å². The fourth-order valence-corrected chi connectivity index (χ4v) is 1.43. The Balaban J connectivity index is 2.40. The standard InChI is InChI=1S/C11H7F3N2O2/c12-11(13,14)10-15-5-8(16-10)6-2-1-3-7(4-6)9(17)18/h1-5H,(H,15,16)(H,17,18). The number of benzene rings is 1. The minimum atomic E-state index is -4.55. The van der Waals surface area contributed by atoms with Gasteiger partial charge in [0.05, 0.1) is 17.5 Å². The Bertz CT molecular complexity index is 590. The van der Waals surface area contributed by atoms with E-state index < -0.39 is 18.0 Å². The largest absolute Gasteiger partial charge is 0.478 e. The molecule has 0 amide bonds. The summed E-state index contributed by atoms with van der Waals surface area (Å²) in [5, 5.41) is 8.78. The average Bonchev–Trinajstić information content (AvgIpc) is 2.78. The van der Waals surface area contributed by atoms with Crippen molar-refractivity contribution in [3.8, 4) is 11.3 Å². The zero-order valence-corrected chi connectivity index (χ0v) is 8.82. The van der Waals surface area contributed by atoms with Gasteiger partial charge in [-0.2, -0.15) is 13.2 Å². The number of carboxylic acids is 1. The summed E-state index contributed by atoms with van der Waals surface area (Å²) in [5.41, 5.74) is 0.444. The summed E-state index contributed by atoms with van der Waals surface area (Å²) in [5.74, 6) is -2.26. The summed E-state index contributed by atoms with van der Waals surface area (Å²) in [4.78, 5) is 16.1. The van der Waals surface area contributed by atoms with Gasteiger partial charge in [-0.05, 0) is 12.1 Å². The lowest BCUT2D eigenvalue weighted by molar-refractivity contribution is -0.144. The van der Waals surface area contributed by atoms with Gasteiger partial charge in [-0.25, -0.2) is 9.78 Å². The van der Waals surface area contributed by atoms with Crippen molar-refractivity contribution in [3.05, 3.63) is 41.9 Å². The predicted octanol–water partition coefficient (Wildman–Crippen LogP) is 2.79. The number of imidazole rings is 1. The highest BCUT2D eigenvalue weighted by Crippen LogP contribution is 2.28. The number of alkyl halides is 3. The molecular formula is C11H7F3N2O2. The lowest BCUT2D eigenvalue weighted by Crippen LogP contribution is -2.07. The van der Waals surface area contributed by atoms with Gasteiger partial charge in [0.2, 0.25) is 5.82 Å². The van der Waals surface area contributed by atoms with Crippen LogP contribution in [0.3, 0.4) is 0 Å². The molecule has 2 N–H and O–H groups in total. The van der Waals surface area contributed by atoms with Crippen LogP contribution in [0.15, 0.2) is 30.5 Å². The molecule has 7 heteroatoms. The van der Waals surface area contributed by atoms with Crippen molar-refractivity contribution in [2.45, 2.75) is 6.18 Å². The second-order valence-corrected chi connectivity index (χ2v) is 3.53. The van der Waals surface area contributed by atoms with Gasteiger partial charge in [-0.3, -0.25) is 0 Å². The topological polar surface area (TPSA) is 66.0 Å². The highest BCUT2D eigenvalue weighted by molar-refractivity contribution is 5.89. The third-order valence-corrected chi connectivity index (χ3v) is 2.26. The van der Waals surface area contributed by atoms with Crippen molar-refractivity contribution in [2.24, 2.45) is 0 Å². The molecule has 0 aliphatic heterocycles. The average molecular weight is 256 g/mol. The first-order valence-corrected chi connectivity index (χ1v) is 4.84. The summed E-state index contributed by atoms with van der Waals surface area (Å²) in [7, 11) is 0. The molecule has 0 aliphatic rings. The molecule has 1 heterocycles. The van der Waals surface area contributed by atoms with Crippen LogP contribution in [-0.4, -0.2) is 21.0 Å². The van der Waals surface area contributed by atoms with Gasteiger partial charge in [-0.1, -0.05) is 12.1 Å². The van der Waals surface area contributed by atoms with E-state index in [2.05, 4.69) is 9.97 Å². The molecule has 0 bridgehead atoms. The Kier molecular flexibility index (Phi) is 2.82. The molecule has 4 nitrogen and oxygen atoms in total. The van der Waals surface area contributed by atoms with E-state index in [-0.39, 0.29) is 11.3 Å². The van der Waals surface area contributed by atoms with Crippen LogP contribution in [0.25, 0.3) is 11.3 Å². The fraction of sp³-hybridized carbons (Fsp3) is 0.0909. The Morgan fingerprint density at radius 1 is 1.33 bits per heavy atom. The predicted molar refractivity (Wildman–Crippen MR) is 56.0 cm³/mol. The number of carbonyl (C=O) groups is 1. The van der Waals surface area contributed by atoms with Crippen LogP contribution in [0.5, 0.6) is 0 Å². The molecule has 0 atom stereocenters. The van der Waals surface area contributed by atoms with E-state index in [0.29, 0.717) is 5.56 Å². The smallest absolute Gasteiger partial charge is 0.449 e. The monoisotopic (exact) mass is 256 g/mol. The number of nitrogens with one attached hydrogen (secondary N) is 1. The van der Waals surface area contributed by atoms with Crippen LogP contribution in [0, 0.1) is 0 Å². The SMILES string of the molecule is O=C(O)c1cccc(-c2cnc(C(F)(F)F)[nH]2)c1. The normalized spacial score (nSPS) is 11.5. The van der Waals surface area contributed by atoms with Crippen LogP contribution in [0.4, 0.5) is 13.2 Å². The highest BCUT2D eigenvalue weighted by Gasteiger charge is 2.34. The molecule has 0 unspecified atom stereocenters. The highest BCUT2D eigenvalue weighted by atomic mass is 19.4. The Hall–Kier alpha value is -2.31. The number of H-pyrrole nitrogens is 1. The molecular weight excluding hydrogens is 249 g/mol. The third kappa shape index (κ3) is 2.34. The summed E-state index contributed by atoms with van der Waals surface area (Å²) >= 11 is 0. The van der Waals surface area contributed by atoms with Gasteiger partial charge < -0.3 is 10.1 Å². The zero-order chi connectivity index (χ0) is 13.3. The van der Waals surface area contributed by atoms with Gasteiger partial charge in [0.1, 0.15) is 0 Å². The van der Waals surface area contributed by atoms with Crippen LogP contribution >= 0.6 is 0 Å². The maximum absolute atomic E-state index is 12.3. The Labute approximate surface area is 99.1 Å². The number of hydrogen-bond acceptors (Lipinski definition) is 2. The molecule has 2 rings (SSSR count). The zero-order valence-electron chi connectivity index (χ0n) is 8.82. The van der Waals surface area contributed by atoms with Crippen molar-refractivity contribution in [2.75, 3.05) is 0 Å². The van der Waals surface area contributed by atoms with Gasteiger partial charge in [0, 0.05) is 5.56 Å². The Morgan fingerprint density at radius 2 is 2.06 bits per heavy atom. The number of halogens is 3.